The predicted octanol–water partition coefficient (Wildman–Crippen LogP) is -0.393. The van der Waals surface area contributed by atoms with E-state index in [1.54, 1.807) is 10.9 Å². The van der Waals surface area contributed by atoms with Crippen LogP contribution < -0.4 is 11.1 Å². The summed E-state index contributed by atoms with van der Waals surface area (Å²) in [7, 11) is 0. The summed E-state index contributed by atoms with van der Waals surface area (Å²) in [5.41, 5.74) is 6.78. The molecule has 0 saturated carbocycles. The van der Waals surface area contributed by atoms with Gasteiger partial charge >= 0.3 is 0 Å². The number of aliphatic hydroxyl groups is 1. The van der Waals surface area contributed by atoms with Gasteiger partial charge in [0.05, 0.1) is 12.9 Å². The molecule has 2 aliphatic heterocycles. The summed E-state index contributed by atoms with van der Waals surface area (Å²) < 4.78 is 19.7. The largest absolute Gasteiger partial charge is 0.394 e. The van der Waals surface area contributed by atoms with Gasteiger partial charge < -0.3 is 30.4 Å². The van der Waals surface area contributed by atoms with Gasteiger partial charge in [-0.05, 0) is 13.8 Å². The number of hydrogen-bond donors (Lipinski definition) is 3. The van der Waals surface area contributed by atoms with E-state index in [4.69, 9.17) is 19.9 Å². The van der Waals surface area contributed by atoms with Crippen molar-refractivity contribution in [3.05, 3.63) is 12.7 Å². The Kier molecular flexibility index (Phi) is 4.08. The molecule has 4 heterocycles. The van der Waals surface area contributed by atoms with Crippen LogP contribution in [-0.2, 0) is 14.2 Å². The Labute approximate surface area is 144 Å². The molecular weight excluding hydrogens is 328 g/mol. The maximum atomic E-state index is 9.62. The molecular formula is C15H22N6O4. The molecule has 2 aromatic heterocycles. The summed E-state index contributed by atoms with van der Waals surface area (Å²) in [5.74, 6) is -0.115. The van der Waals surface area contributed by atoms with Gasteiger partial charge in [0.15, 0.2) is 29.0 Å². The normalized spacial score (nSPS) is 30.7. The Balaban J connectivity index is 1.70. The van der Waals surface area contributed by atoms with Gasteiger partial charge in [-0.1, -0.05) is 0 Å². The van der Waals surface area contributed by atoms with Crippen molar-refractivity contribution < 1.29 is 19.3 Å². The van der Waals surface area contributed by atoms with Gasteiger partial charge in [-0.25, -0.2) is 15.0 Å². The highest BCUT2D eigenvalue weighted by Gasteiger charge is 2.55. The highest BCUT2D eigenvalue weighted by Crippen LogP contribution is 2.43. The predicted molar refractivity (Wildman–Crippen MR) is 87.7 cm³/mol. The number of nitrogens with one attached hydrogen (secondary N) is 1. The summed E-state index contributed by atoms with van der Waals surface area (Å²) in [4.78, 5) is 13.0. The molecule has 0 aliphatic carbocycles. The van der Waals surface area contributed by atoms with E-state index < -0.39 is 18.1 Å². The van der Waals surface area contributed by atoms with E-state index in [-0.39, 0.29) is 18.8 Å². The molecule has 0 amide bonds. The minimum atomic E-state index is -0.732. The van der Waals surface area contributed by atoms with Crippen LogP contribution in [-0.4, -0.2) is 68.4 Å². The van der Waals surface area contributed by atoms with Crippen LogP contribution in [0.4, 0.5) is 5.82 Å². The number of aromatic nitrogens is 4. The SMILES string of the molecule is CC1(C)O[C@@H]2[C@H](O1)[C@@H](CO)O[C@H]2n1cnc2c(NCCN)ncnc21. The second kappa shape index (κ2) is 6.15. The van der Waals surface area contributed by atoms with Gasteiger partial charge in [0.25, 0.3) is 0 Å². The lowest BCUT2D eigenvalue weighted by molar-refractivity contribution is -0.199. The number of hydrogen-bond acceptors (Lipinski definition) is 9. The number of fused-ring (bicyclic) bond motifs is 2. The Morgan fingerprint density at radius 1 is 1.28 bits per heavy atom. The average Bonchev–Trinajstić information content (AvgIpc) is 3.23. The first-order valence-electron chi connectivity index (χ1n) is 8.27. The van der Waals surface area contributed by atoms with Crippen molar-refractivity contribution in [2.75, 3.05) is 25.0 Å². The number of ether oxygens (including phenoxy) is 3. The van der Waals surface area contributed by atoms with Crippen LogP contribution in [0, 0.1) is 0 Å². The standard InChI is InChI=1S/C15H22N6O4/c1-15(2)24-10-8(5-22)23-14(11(10)25-15)21-7-20-9-12(17-4-3-16)18-6-19-13(9)21/h6-8,10-11,14,22H,3-5,16H2,1-2H3,(H,17,18,19)/t8-,10-,11-,14-/m1/s1. The number of nitrogens with zero attached hydrogens (tertiary/aromatic N) is 4. The van der Waals surface area contributed by atoms with Gasteiger partial charge in [0.2, 0.25) is 0 Å². The molecule has 136 valence electrons. The van der Waals surface area contributed by atoms with Crippen LogP contribution in [0.3, 0.4) is 0 Å². The maximum absolute atomic E-state index is 9.62. The van der Waals surface area contributed by atoms with Crippen LogP contribution in [0.15, 0.2) is 12.7 Å². The van der Waals surface area contributed by atoms with Crippen molar-refractivity contribution in [2.45, 2.75) is 44.2 Å². The fourth-order valence-electron chi connectivity index (χ4n) is 3.39. The summed E-state index contributed by atoms with van der Waals surface area (Å²) in [6.07, 6.45) is 1.44. The molecule has 4 N–H and O–H groups in total. The van der Waals surface area contributed by atoms with Crippen molar-refractivity contribution in [1.29, 1.82) is 0 Å². The van der Waals surface area contributed by atoms with Crippen molar-refractivity contribution in [3.63, 3.8) is 0 Å². The van der Waals surface area contributed by atoms with Crippen molar-refractivity contribution in [2.24, 2.45) is 5.73 Å². The van der Waals surface area contributed by atoms with E-state index in [0.29, 0.717) is 30.1 Å². The fourth-order valence-corrected chi connectivity index (χ4v) is 3.39. The number of rotatable bonds is 5. The maximum Gasteiger partial charge on any atom is 0.167 e. The topological polar surface area (TPSA) is 130 Å². The second-order valence-corrected chi connectivity index (χ2v) is 6.57. The smallest absolute Gasteiger partial charge is 0.167 e. The Bertz CT molecular complexity index is 766. The first-order chi connectivity index (χ1) is 12.0. The molecule has 4 rings (SSSR count). The zero-order valence-corrected chi connectivity index (χ0v) is 14.1. The number of nitrogens with two attached hydrogens (primary N) is 1. The molecule has 2 fully saturated rings. The lowest BCUT2D eigenvalue weighted by Crippen LogP contribution is -2.31. The molecule has 4 atom stereocenters. The van der Waals surface area contributed by atoms with E-state index in [2.05, 4.69) is 20.3 Å². The van der Waals surface area contributed by atoms with Gasteiger partial charge in [-0.3, -0.25) is 4.57 Å². The third kappa shape index (κ3) is 2.75. The summed E-state index contributed by atoms with van der Waals surface area (Å²) >= 11 is 0. The van der Waals surface area contributed by atoms with Crippen LogP contribution in [0.2, 0.25) is 0 Å². The van der Waals surface area contributed by atoms with E-state index in [0.717, 1.165) is 0 Å². The third-order valence-corrected chi connectivity index (χ3v) is 4.37. The van der Waals surface area contributed by atoms with Gasteiger partial charge in [-0.2, -0.15) is 0 Å². The fraction of sp³-hybridized carbons (Fsp3) is 0.667. The lowest BCUT2D eigenvalue weighted by atomic mass is 10.1. The molecule has 10 heteroatoms. The Morgan fingerprint density at radius 3 is 2.84 bits per heavy atom. The Morgan fingerprint density at radius 2 is 2.08 bits per heavy atom. The summed E-state index contributed by atoms with van der Waals surface area (Å²) in [5, 5.41) is 12.8. The van der Waals surface area contributed by atoms with Crippen molar-refractivity contribution >= 4 is 17.0 Å². The van der Waals surface area contributed by atoms with Crippen LogP contribution in [0.1, 0.15) is 20.1 Å². The molecule has 2 aromatic rings. The molecule has 2 saturated heterocycles. The number of aliphatic hydroxyl groups excluding tert-OH is 1. The lowest BCUT2D eigenvalue weighted by Gasteiger charge is -2.24. The van der Waals surface area contributed by atoms with E-state index in [1.807, 2.05) is 13.8 Å². The monoisotopic (exact) mass is 350 g/mol. The molecule has 0 radical (unpaired) electrons. The molecule has 10 nitrogen and oxygen atoms in total. The number of anilines is 1. The summed E-state index contributed by atoms with van der Waals surface area (Å²) in [6, 6.07) is 0. The quantitative estimate of drug-likeness (QED) is 0.660. The zero-order chi connectivity index (χ0) is 17.6. The average molecular weight is 350 g/mol. The van der Waals surface area contributed by atoms with E-state index in [1.165, 1.54) is 6.33 Å². The third-order valence-electron chi connectivity index (χ3n) is 4.37. The van der Waals surface area contributed by atoms with Crippen LogP contribution in [0.25, 0.3) is 11.2 Å². The first kappa shape index (κ1) is 16.6. The van der Waals surface area contributed by atoms with Crippen LogP contribution in [0.5, 0.6) is 0 Å². The highest BCUT2D eigenvalue weighted by molar-refractivity contribution is 5.82. The second-order valence-electron chi connectivity index (χ2n) is 6.57. The summed E-state index contributed by atoms with van der Waals surface area (Å²) in [6.45, 7) is 4.61. The number of imidazole rings is 1. The molecule has 0 aromatic carbocycles. The minimum absolute atomic E-state index is 0.151. The zero-order valence-electron chi connectivity index (χ0n) is 14.1. The molecule has 0 spiro atoms. The molecule has 25 heavy (non-hydrogen) atoms. The highest BCUT2D eigenvalue weighted by atomic mass is 16.8. The van der Waals surface area contributed by atoms with Gasteiger partial charge in [0.1, 0.15) is 24.6 Å². The van der Waals surface area contributed by atoms with Crippen molar-refractivity contribution in [1.82, 2.24) is 19.5 Å². The van der Waals surface area contributed by atoms with Crippen molar-refractivity contribution in [3.8, 4) is 0 Å². The first-order valence-corrected chi connectivity index (χ1v) is 8.27. The van der Waals surface area contributed by atoms with E-state index in [9.17, 15) is 5.11 Å². The minimum Gasteiger partial charge on any atom is -0.394 e. The molecule has 0 bridgehead atoms. The van der Waals surface area contributed by atoms with Crippen LogP contribution >= 0.6 is 0 Å². The van der Waals surface area contributed by atoms with Gasteiger partial charge in [0, 0.05) is 13.1 Å². The Hall–Kier alpha value is -1.85. The van der Waals surface area contributed by atoms with E-state index >= 15 is 0 Å². The van der Waals surface area contributed by atoms with Gasteiger partial charge in [-0.15, -0.1) is 0 Å². The molecule has 2 aliphatic rings. The molecule has 0 unspecified atom stereocenters.